The van der Waals surface area contributed by atoms with Crippen LogP contribution in [-0.2, 0) is 9.53 Å². The molecule has 0 bridgehead atoms. The van der Waals surface area contributed by atoms with Gasteiger partial charge in [-0.15, -0.1) is 0 Å². The predicted octanol–water partition coefficient (Wildman–Crippen LogP) is 0.00460. The Hall–Kier alpha value is -0.610. The van der Waals surface area contributed by atoms with E-state index in [1.165, 1.54) is 6.92 Å². The molecule has 0 saturated carbocycles. The summed E-state index contributed by atoms with van der Waals surface area (Å²) < 4.78 is 5.26. The van der Waals surface area contributed by atoms with Gasteiger partial charge in [0.25, 0.3) is 5.91 Å². The first-order valence-electron chi connectivity index (χ1n) is 4.65. The number of nitrogens with zero attached hydrogens (tertiary/aromatic N) is 1. The molecule has 1 saturated heterocycles. The van der Waals surface area contributed by atoms with E-state index in [1.54, 1.807) is 11.9 Å². The molecule has 1 heterocycles. The van der Waals surface area contributed by atoms with Crippen LogP contribution < -0.4 is 0 Å². The van der Waals surface area contributed by atoms with Crippen LogP contribution in [0, 0.1) is 0 Å². The van der Waals surface area contributed by atoms with E-state index >= 15 is 0 Å². The van der Waals surface area contributed by atoms with Crippen LogP contribution in [0.4, 0.5) is 0 Å². The highest BCUT2D eigenvalue weighted by atomic mass is 16.5. The van der Waals surface area contributed by atoms with Crippen molar-refractivity contribution in [2.24, 2.45) is 0 Å². The first-order valence-corrected chi connectivity index (χ1v) is 4.65. The van der Waals surface area contributed by atoms with Crippen LogP contribution in [0.3, 0.4) is 0 Å². The molecule has 1 aliphatic heterocycles. The number of likely N-dealkylation sites (N-methyl/N-ethyl adjacent to an activating group) is 1. The van der Waals surface area contributed by atoms with Gasteiger partial charge in [-0.1, -0.05) is 0 Å². The number of carbonyl (C=O) groups excluding carboxylic acids is 1. The monoisotopic (exact) mass is 187 g/mol. The van der Waals surface area contributed by atoms with Crippen molar-refractivity contribution >= 4 is 5.91 Å². The Kier molecular flexibility index (Phi) is 3.69. The van der Waals surface area contributed by atoms with Crippen molar-refractivity contribution in [2.45, 2.75) is 31.9 Å². The van der Waals surface area contributed by atoms with Crippen LogP contribution in [0.2, 0.25) is 0 Å². The number of rotatable bonds is 2. The molecule has 0 aromatic rings. The number of hydrogen-bond donors (Lipinski definition) is 1. The van der Waals surface area contributed by atoms with Crippen LogP contribution in [0.25, 0.3) is 0 Å². The van der Waals surface area contributed by atoms with Crippen molar-refractivity contribution < 1.29 is 14.6 Å². The molecule has 1 unspecified atom stereocenters. The van der Waals surface area contributed by atoms with E-state index in [-0.39, 0.29) is 11.9 Å². The summed E-state index contributed by atoms with van der Waals surface area (Å²) in [5, 5.41) is 9.09. The quantitative estimate of drug-likeness (QED) is 0.662. The molecule has 0 aromatic heterocycles. The minimum atomic E-state index is -0.910. The molecule has 0 radical (unpaired) electrons. The molecule has 76 valence electrons. The summed E-state index contributed by atoms with van der Waals surface area (Å²) in [6, 6.07) is 0.135. The average Bonchev–Trinajstić information content (AvgIpc) is 2.17. The van der Waals surface area contributed by atoms with Crippen molar-refractivity contribution in [2.75, 3.05) is 20.3 Å². The minimum absolute atomic E-state index is 0.135. The molecule has 4 heteroatoms. The molecule has 0 aliphatic carbocycles. The highest BCUT2D eigenvalue weighted by molar-refractivity contribution is 5.80. The van der Waals surface area contributed by atoms with E-state index in [4.69, 9.17) is 9.84 Å². The maximum absolute atomic E-state index is 11.4. The normalized spacial score (nSPS) is 25.3. The smallest absolute Gasteiger partial charge is 0.251 e. The topological polar surface area (TPSA) is 49.8 Å². The van der Waals surface area contributed by atoms with Crippen LogP contribution in [0.15, 0.2) is 0 Å². The van der Waals surface area contributed by atoms with Crippen molar-refractivity contribution in [1.82, 2.24) is 4.90 Å². The van der Waals surface area contributed by atoms with E-state index in [9.17, 15) is 4.79 Å². The number of aliphatic hydroxyl groups excluding tert-OH is 1. The highest BCUT2D eigenvalue weighted by Crippen LogP contribution is 2.12. The number of amides is 1. The van der Waals surface area contributed by atoms with Gasteiger partial charge in [-0.05, 0) is 19.8 Å². The molecule has 0 spiro atoms. The first-order chi connectivity index (χ1) is 6.13. The van der Waals surface area contributed by atoms with Gasteiger partial charge in [0, 0.05) is 13.7 Å². The van der Waals surface area contributed by atoms with Gasteiger partial charge in [0.2, 0.25) is 0 Å². The summed E-state index contributed by atoms with van der Waals surface area (Å²) in [4.78, 5) is 12.9. The van der Waals surface area contributed by atoms with Crippen LogP contribution in [-0.4, -0.2) is 48.3 Å². The standard InChI is InChI=1S/C9H17NO3/c1-7(11)9(12)10(2)8-4-3-5-13-6-8/h7-8,11H,3-6H2,1-2H3/t7-,8?/m0/s1. The lowest BCUT2D eigenvalue weighted by molar-refractivity contribution is -0.142. The largest absolute Gasteiger partial charge is 0.384 e. The third-order valence-corrected chi connectivity index (χ3v) is 2.39. The fourth-order valence-corrected chi connectivity index (χ4v) is 1.50. The number of hydrogen-bond acceptors (Lipinski definition) is 3. The third kappa shape index (κ3) is 2.67. The number of ether oxygens (including phenoxy) is 1. The highest BCUT2D eigenvalue weighted by Gasteiger charge is 2.24. The van der Waals surface area contributed by atoms with E-state index in [0.717, 1.165) is 19.4 Å². The average molecular weight is 187 g/mol. The fourth-order valence-electron chi connectivity index (χ4n) is 1.50. The van der Waals surface area contributed by atoms with Crippen molar-refractivity contribution in [3.63, 3.8) is 0 Å². The zero-order valence-electron chi connectivity index (χ0n) is 8.19. The van der Waals surface area contributed by atoms with Gasteiger partial charge in [0.05, 0.1) is 12.6 Å². The summed E-state index contributed by atoms with van der Waals surface area (Å²) >= 11 is 0. The summed E-state index contributed by atoms with van der Waals surface area (Å²) in [5.41, 5.74) is 0. The van der Waals surface area contributed by atoms with Crippen LogP contribution in [0.5, 0.6) is 0 Å². The van der Waals surface area contributed by atoms with Crippen LogP contribution in [0.1, 0.15) is 19.8 Å². The Morgan fingerprint density at radius 3 is 2.85 bits per heavy atom. The Labute approximate surface area is 78.5 Å². The number of aliphatic hydroxyl groups is 1. The molecule has 1 amide bonds. The zero-order valence-corrected chi connectivity index (χ0v) is 8.19. The molecular formula is C9H17NO3. The van der Waals surface area contributed by atoms with Gasteiger partial charge >= 0.3 is 0 Å². The second kappa shape index (κ2) is 4.58. The van der Waals surface area contributed by atoms with Gasteiger partial charge in [-0.3, -0.25) is 4.79 Å². The summed E-state index contributed by atoms with van der Waals surface area (Å²) in [7, 11) is 1.72. The maximum Gasteiger partial charge on any atom is 0.251 e. The number of carbonyl (C=O) groups is 1. The van der Waals surface area contributed by atoms with Gasteiger partial charge in [-0.25, -0.2) is 0 Å². The molecule has 1 aliphatic rings. The van der Waals surface area contributed by atoms with E-state index in [0.29, 0.717) is 6.61 Å². The molecule has 1 fully saturated rings. The van der Waals surface area contributed by atoms with Gasteiger partial charge in [0.1, 0.15) is 6.10 Å². The fraction of sp³-hybridized carbons (Fsp3) is 0.889. The minimum Gasteiger partial charge on any atom is -0.384 e. The molecule has 0 aromatic carbocycles. The Bertz CT molecular complexity index is 176. The Morgan fingerprint density at radius 1 is 1.69 bits per heavy atom. The molecule has 1 N–H and O–H groups in total. The molecule has 4 nitrogen and oxygen atoms in total. The Balaban J connectivity index is 2.45. The third-order valence-electron chi connectivity index (χ3n) is 2.39. The summed E-state index contributed by atoms with van der Waals surface area (Å²) in [6.45, 7) is 2.87. The molecule has 1 rings (SSSR count). The summed E-state index contributed by atoms with van der Waals surface area (Å²) in [5.74, 6) is -0.226. The SMILES string of the molecule is C[C@H](O)C(=O)N(C)C1CCCOC1. The van der Waals surface area contributed by atoms with Gasteiger partial charge < -0.3 is 14.7 Å². The van der Waals surface area contributed by atoms with Gasteiger partial charge in [-0.2, -0.15) is 0 Å². The Morgan fingerprint density at radius 2 is 2.38 bits per heavy atom. The first kappa shape index (κ1) is 10.5. The van der Waals surface area contributed by atoms with E-state index in [2.05, 4.69) is 0 Å². The molecular weight excluding hydrogens is 170 g/mol. The lowest BCUT2D eigenvalue weighted by Crippen LogP contribution is -2.45. The van der Waals surface area contributed by atoms with Crippen molar-refractivity contribution in [3.05, 3.63) is 0 Å². The lowest BCUT2D eigenvalue weighted by Gasteiger charge is -2.31. The van der Waals surface area contributed by atoms with Crippen LogP contribution >= 0.6 is 0 Å². The maximum atomic E-state index is 11.4. The molecule has 2 atom stereocenters. The summed E-state index contributed by atoms with van der Waals surface area (Å²) in [6.07, 6.45) is 1.05. The van der Waals surface area contributed by atoms with E-state index < -0.39 is 6.10 Å². The predicted molar refractivity (Wildman–Crippen MR) is 48.3 cm³/mol. The second-order valence-electron chi connectivity index (χ2n) is 3.50. The van der Waals surface area contributed by atoms with Crippen molar-refractivity contribution in [3.8, 4) is 0 Å². The zero-order chi connectivity index (χ0) is 9.84. The molecule has 13 heavy (non-hydrogen) atoms. The lowest BCUT2D eigenvalue weighted by atomic mass is 10.1. The second-order valence-corrected chi connectivity index (χ2v) is 3.50. The van der Waals surface area contributed by atoms with Gasteiger partial charge in [0.15, 0.2) is 0 Å². The van der Waals surface area contributed by atoms with Crippen molar-refractivity contribution in [1.29, 1.82) is 0 Å². The van der Waals surface area contributed by atoms with E-state index in [1.807, 2.05) is 0 Å².